The first-order chi connectivity index (χ1) is 10.5. The number of ether oxygens (including phenoxy) is 2. The Labute approximate surface area is 127 Å². The third kappa shape index (κ3) is 3.63. The molecule has 0 bridgehead atoms. The van der Waals surface area contributed by atoms with Crippen molar-refractivity contribution in [1.29, 1.82) is 0 Å². The summed E-state index contributed by atoms with van der Waals surface area (Å²) in [4.78, 5) is 27.7. The van der Waals surface area contributed by atoms with Gasteiger partial charge in [-0.2, -0.15) is 0 Å². The lowest BCUT2D eigenvalue weighted by atomic mass is 10.2. The van der Waals surface area contributed by atoms with Crippen LogP contribution in [0.4, 0.5) is 5.69 Å². The van der Waals surface area contributed by atoms with Crippen LogP contribution in [-0.2, 0) is 11.3 Å². The first kappa shape index (κ1) is 15.6. The number of nitrogens with one attached hydrogen (secondary N) is 1. The van der Waals surface area contributed by atoms with Crippen LogP contribution in [0, 0.1) is 6.92 Å². The van der Waals surface area contributed by atoms with Gasteiger partial charge in [-0.1, -0.05) is 0 Å². The van der Waals surface area contributed by atoms with Gasteiger partial charge in [0.25, 0.3) is 5.56 Å². The van der Waals surface area contributed by atoms with Crippen molar-refractivity contribution in [2.45, 2.75) is 13.5 Å². The zero-order valence-electron chi connectivity index (χ0n) is 12.6. The van der Waals surface area contributed by atoms with E-state index < -0.39 is 0 Å². The van der Waals surface area contributed by atoms with Crippen molar-refractivity contribution in [3.8, 4) is 11.5 Å². The fraction of sp³-hybridized carbons (Fsp3) is 0.267. The van der Waals surface area contributed by atoms with E-state index in [9.17, 15) is 9.59 Å². The second kappa shape index (κ2) is 6.75. The Bertz CT molecular complexity index is 740. The average molecular weight is 303 g/mol. The number of hydrogen-bond acceptors (Lipinski definition) is 5. The number of aryl methyl sites for hydroxylation is 1. The first-order valence-corrected chi connectivity index (χ1v) is 6.58. The summed E-state index contributed by atoms with van der Waals surface area (Å²) in [5.41, 5.74) is 0.896. The minimum absolute atomic E-state index is 0.111. The van der Waals surface area contributed by atoms with Crippen LogP contribution < -0.4 is 20.3 Å². The minimum Gasteiger partial charge on any atom is -0.493 e. The Morgan fingerprint density at radius 1 is 1.23 bits per heavy atom. The zero-order valence-corrected chi connectivity index (χ0v) is 12.6. The molecule has 0 fully saturated rings. The highest BCUT2D eigenvalue weighted by atomic mass is 16.5. The Balaban J connectivity index is 2.10. The van der Waals surface area contributed by atoms with Gasteiger partial charge >= 0.3 is 0 Å². The molecule has 0 saturated carbocycles. The molecule has 116 valence electrons. The van der Waals surface area contributed by atoms with E-state index in [-0.39, 0.29) is 18.0 Å². The average Bonchev–Trinajstić information content (AvgIpc) is 2.50. The van der Waals surface area contributed by atoms with Gasteiger partial charge in [0.2, 0.25) is 5.91 Å². The summed E-state index contributed by atoms with van der Waals surface area (Å²) in [6, 6.07) is 6.40. The maximum absolute atomic E-state index is 12.0. The Morgan fingerprint density at radius 2 is 1.95 bits per heavy atom. The van der Waals surface area contributed by atoms with Gasteiger partial charge in [-0.15, -0.1) is 0 Å². The Hall–Kier alpha value is -2.83. The number of nitrogens with zero attached hydrogens (tertiary/aromatic N) is 2. The number of hydrogen-bond donors (Lipinski definition) is 1. The fourth-order valence-corrected chi connectivity index (χ4v) is 1.90. The van der Waals surface area contributed by atoms with E-state index in [0.29, 0.717) is 22.9 Å². The molecule has 1 aromatic heterocycles. The van der Waals surface area contributed by atoms with Crippen LogP contribution in [-0.4, -0.2) is 29.7 Å². The van der Waals surface area contributed by atoms with Crippen LogP contribution in [0.5, 0.6) is 11.5 Å². The third-order valence-corrected chi connectivity index (χ3v) is 3.00. The van der Waals surface area contributed by atoms with Gasteiger partial charge < -0.3 is 14.8 Å². The molecule has 2 rings (SSSR count). The molecule has 0 spiro atoms. The molecule has 22 heavy (non-hydrogen) atoms. The lowest BCUT2D eigenvalue weighted by Crippen LogP contribution is -2.27. The zero-order chi connectivity index (χ0) is 16.1. The fourth-order valence-electron chi connectivity index (χ4n) is 1.90. The SMILES string of the molecule is COc1ccc(NC(=O)Cn2cnc(C)cc2=O)cc1OC. The molecular weight excluding hydrogens is 286 g/mol. The predicted molar refractivity (Wildman–Crippen MR) is 81.4 cm³/mol. The maximum Gasteiger partial charge on any atom is 0.253 e. The quantitative estimate of drug-likeness (QED) is 0.897. The number of amides is 1. The number of carbonyl (C=O) groups excluding carboxylic acids is 1. The number of benzene rings is 1. The monoisotopic (exact) mass is 303 g/mol. The Kier molecular flexibility index (Phi) is 4.77. The summed E-state index contributed by atoms with van der Waals surface area (Å²) in [5, 5.41) is 2.70. The van der Waals surface area contributed by atoms with Crippen LogP contribution in [0.25, 0.3) is 0 Å². The molecule has 1 N–H and O–H groups in total. The molecule has 0 radical (unpaired) electrons. The molecule has 1 aromatic carbocycles. The molecule has 0 aliphatic carbocycles. The van der Waals surface area contributed by atoms with Crippen molar-refractivity contribution in [2.75, 3.05) is 19.5 Å². The van der Waals surface area contributed by atoms with Crippen LogP contribution in [0.2, 0.25) is 0 Å². The van der Waals surface area contributed by atoms with Crippen LogP contribution in [0.1, 0.15) is 5.69 Å². The molecule has 0 unspecified atom stereocenters. The van der Waals surface area contributed by atoms with Gasteiger partial charge in [-0.25, -0.2) is 4.98 Å². The van der Waals surface area contributed by atoms with Crippen LogP contribution >= 0.6 is 0 Å². The number of methoxy groups -OCH3 is 2. The molecule has 1 heterocycles. The van der Waals surface area contributed by atoms with E-state index in [2.05, 4.69) is 10.3 Å². The maximum atomic E-state index is 12.0. The highest BCUT2D eigenvalue weighted by Crippen LogP contribution is 2.29. The summed E-state index contributed by atoms with van der Waals surface area (Å²) in [5.74, 6) is 0.744. The predicted octanol–water partition coefficient (Wildman–Crippen LogP) is 1.21. The van der Waals surface area contributed by atoms with Crippen molar-refractivity contribution in [3.05, 3.63) is 46.6 Å². The number of rotatable bonds is 5. The van der Waals surface area contributed by atoms with Crippen molar-refractivity contribution < 1.29 is 14.3 Å². The largest absolute Gasteiger partial charge is 0.493 e. The summed E-state index contributed by atoms with van der Waals surface area (Å²) in [6.45, 7) is 1.61. The van der Waals surface area contributed by atoms with Gasteiger partial charge in [0, 0.05) is 23.5 Å². The normalized spacial score (nSPS) is 10.1. The molecule has 0 atom stereocenters. The van der Waals surface area contributed by atoms with E-state index in [1.165, 1.54) is 31.2 Å². The lowest BCUT2D eigenvalue weighted by Gasteiger charge is -2.11. The first-order valence-electron chi connectivity index (χ1n) is 6.58. The number of anilines is 1. The smallest absolute Gasteiger partial charge is 0.253 e. The molecule has 0 saturated heterocycles. The van der Waals surface area contributed by atoms with Gasteiger partial charge in [-0.05, 0) is 19.1 Å². The van der Waals surface area contributed by atoms with E-state index in [1.807, 2.05) is 0 Å². The summed E-state index contributed by atoms with van der Waals surface area (Å²) in [6.07, 6.45) is 1.35. The van der Waals surface area contributed by atoms with E-state index in [0.717, 1.165) is 0 Å². The molecule has 0 aliphatic rings. The standard InChI is InChI=1S/C15H17N3O4/c1-10-6-15(20)18(9-16-10)8-14(19)17-11-4-5-12(21-2)13(7-11)22-3/h4-7,9H,8H2,1-3H3,(H,17,19). The topological polar surface area (TPSA) is 82.5 Å². The second-order valence-corrected chi connectivity index (χ2v) is 4.61. The second-order valence-electron chi connectivity index (χ2n) is 4.61. The van der Waals surface area contributed by atoms with Gasteiger partial charge in [-0.3, -0.25) is 14.2 Å². The highest BCUT2D eigenvalue weighted by molar-refractivity contribution is 5.90. The van der Waals surface area contributed by atoms with Crippen LogP contribution in [0.15, 0.2) is 35.4 Å². The van der Waals surface area contributed by atoms with Crippen molar-refractivity contribution in [2.24, 2.45) is 0 Å². The van der Waals surface area contributed by atoms with E-state index >= 15 is 0 Å². The molecular formula is C15H17N3O4. The lowest BCUT2D eigenvalue weighted by molar-refractivity contribution is -0.116. The van der Waals surface area contributed by atoms with Crippen LogP contribution in [0.3, 0.4) is 0 Å². The molecule has 7 nitrogen and oxygen atoms in total. The third-order valence-electron chi connectivity index (χ3n) is 3.00. The van der Waals surface area contributed by atoms with Gasteiger partial charge in [0.1, 0.15) is 6.54 Å². The Morgan fingerprint density at radius 3 is 2.59 bits per heavy atom. The van der Waals surface area contributed by atoms with E-state index in [4.69, 9.17) is 9.47 Å². The number of carbonyl (C=O) groups is 1. The summed E-state index contributed by atoms with van der Waals surface area (Å²) in [7, 11) is 3.05. The van der Waals surface area contributed by atoms with Gasteiger partial charge in [0.15, 0.2) is 11.5 Å². The van der Waals surface area contributed by atoms with Crippen molar-refractivity contribution in [1.82, 2.24) is 9.55 Å². The molecule has 2 aromatic rings. The minimum atomic E-state index is -0.333. The van der Waals surface area contributed by atoms with Crippen molar-refractivity contribution in [3.63, 3.8) is 0 Å². The number of aromatic nitrogens is 2. The molecule has 7 heteroatoms. The molecule has 0 aliphatic heterocycles. The highest BCUT2D eigenvalue weighted by Gasteiger charge is 2.09. The van der Waals surface area contributed by atoms with Crippen molar-refractivity contribution >= 4 is 11.6 Å². The molecule has 1 amide bonds. The van der Waals surface area contributed by atoms with E-state index in [1.54, 1.807) is 25.1 Å². The van der Waals surface area contributed by atoms with Gasteiger partial charge in [0.05, 0.1) is 20.5 Å². The summed E-state index contributed by atoms with van der Waals surface area (Å²) >= 11 is 0. The summed E-state index contributed by atoms with van der Waals surface area (Å²) < 4.78 is 11.5.